The van der Waals surface area contributed by atoms with Crippen LogP contribution in [0.5, 0.6) is 0 Å². The van der Waals surface area contributed by atoms with Gasteiger partial charge < -0.3 is 0 Å². The van der Waals surface area contributed by atoms with Crippen molar-refractivity contribution in [2.45, 2.75) is 62.3 Å². The predicted octanol–water partition coefficient (Wildman–Crippen LogP) is 4.80. The highest BCUT2D eigenvalue weighted by Crippen LogP contribution is 2.44. The van der Waals surface area contributed by atoms with Gasteiger partial charge in [0, 0.05) is 22.7 Å². The lowest BCUT2D eigenvalue weighted by Crippen LogP contribution is -2.38. The van der Waals surface area contributed by atoms with E-state index in [-0.39, 0.29) is 0 Å². The van der Waals surface area contributed by atoms with Crippen LogP contribution in [0.25, 0.3) is 0 Å². The second kappa shape index (κ2) is 5.71. The minimum absolute atomic E-state index is 0.765. The summed E-state index contributed by atoms with van der Waals surface area (Å²) in [7, 11) is 0. The van der Waals surface area contributed by atoms with Gasteiger partial charge in [0.15, 0.2) is 0 Å². The normalized spacial score (nSPS) is 27.5. The standard InChI is InChI=1S/C16H23NS2/c1-11-8-12(2)16-13(9-11)10-17(18-3)14-6-4-5-7-15(14)19-16/h8-9,14-15H,4-7,10H2,1-3H3. The number of aryl methyl sites for hydroxylation is 2. The van der Waals surface area contributed by atoms with Crippen LogP contribution in [0.2, 0.25) is 0 Å². The molecule has 0 radical (unpaired) electrons. The summed E-state index contributed by atoms with van der Waals surface area (Å²) in [5.74, 6) is 0. The molecule has 2 unspecified atom stereocenters. The molecule has 1 aliphatic carbocycles. The fourth-order valence-corrected chi connectivity index (χ4v) is 5.92. The number of rotatable bonds is 1. The second-order valence-corrected chi connectivity index (χ2v) is 7.92. The van der Waals surface area contributed by atoms with Crippen molar-refractivity contribution >= 4 is 23.7 Å². The topological polar surface area (TPSA) is 3.24 Å². The third kappa shape index (κ3) is 2.70. The third-order valence-corrected chi connectivity index (χ3v) is 6.90. The molecule has 0 saturated heterocycles. The molecule has 0 bridgehead atoms. The first-order valence-electron chi connectivity index (χ1n) is 7.26. The minimum Gasteiger partial charge on any atom is -0.242 e. The van der Waals surface area contributed by atoms with Gasteiger partial charge in [-0.25, -0.2) is 4.31 Å². The van der Waals surface area contributed by atoms with Crippen LogP contribution in [0.1, 0.15) is 42.4 Å². The van der Waals surface area contributed by atoms with Crippen LogP contribution in [0.15, 0.2) is 17.0 Å². The Morgan fingerprint density at radius 3 is 2.79 bits per heavy atom. The number of fused-ring (bicyclic) bond motifs is 2. The first-order valence-corrected chi connectivity index (χ1v) is 9.32. The molecule has 1 nitrogen and oxygen atoms in total. The van der Waals surface area contributed by atoms with Crippen LogP contribution >= 0.6 is 23.7 Å². The van der Waals surface area contributed by atoms with Gasteiger partial charge in [0.05, 0.1) is 0 Å². The van der Waals surface area contributed by atoms with Crippen molar-refractivity contribution in [2.75, 3.05) is 6.26 Å². The molecule has 3 heteroatoms. The Balaban J connectivity index is 2.01. The molecule has 1 heterocycles. The molecule has 2 atom stereocenters. The van der Waals surface area contributed by atoms with Crippen LogP contribution in [-0.4, -0.2) is 21.9 Å². The molecule has 1 aromatic rings. The summed E-state index contributed by atoms with van der Waals surface area (Å²) < 4.78 is 2.64. The van der Waals surface area contributed by atoms with E-state index in [4.69, 9.17) is 0 Å². The molecule has 104 valence electrons. The summed E-state index contributed by atoms with van der Waals surface area (Å²) in [5.41, 5.74) is 4.43. The Morgan fingerprint density at radius 2 is 2.00 bits per heavy atom. The molecule has 0 spiro atoms. The number of hydrogen-bond acceptors (Lipinski definition) is 3. The largest absolute Gasteiger partial charge is 0.242 e. The van der Waals surface area contributed by atoms with E-state index in [2.05, 4.69) is 48.3 Å². The van der Waals surface area contributed by atoms with Gasteiger partial charge in [0.1, 0.15) is 0 Å². The van der Waals surface area contributed by atoms with Gasteiger partial charge in [-0.15, -0.1) is 11.8 Å². The monoisotopic (exact) mass is 293 g/mol. The van der Waals surface area contributed by atoms with Crippen molar-refractivity contribution in [3.8, 4) is 0 Å². The third-order valence-electron chi connectivity index (χ3n) is 4.36. The summed E-state index contributed by atoms with van der Waals surface area (Å²) in [4.78, 5) is 1.57. The summed E-state index contributed by atoms with van der Waals surface area (Å²) in [5, 5.41) is 0.795. The first kappa shape index (κ1) is 13.8. The van der Waals surface area contributed by atoms with Crippen molar-refractivity contribution in [1.29, 1.82) is 0 Å². The average molecular weight is 294 g/mol. The van der Waals surface area contributed by atoms with Gasteiger partial charge >= 0.3 is 0 Å². The van der Waals surface area contributed by atoms with Crippen LogP contribution in [0.3, 0.4) is 0 Å². The summed E-state index contributed by atoms with van der Waals surface area (Å²) >= 11 is 4.10. The zero-order valence-electron chi connectivity index (χ0n) is 12.1. The van der Waals surface area contributed by atoms with Crippen LogP contribution < -0.4 is 0 Å². The van der Waals surface area contributed by atoms with Gasteiger partial charge in [-0.05, 0) is 44.1 Å². The van der Waals surface area contributed by atoms with E-state index in [0.29, 0.717) is 0 Å². The van der Waals surface area contributed by atoms with E-state index in [1.165, 1.54) is 36.8 Å². The zero-order valence-corrected chi connectivity index (χ0v) is 13.7. The number of thioether (sulfide) groups is 1. The van der Waals surface area contributed by atoms with Gasteiger partial charge in [-0.2, -0.15) is 0 Å². The van der Waals surface area contributed by atoms with Crippen molar-refractivity contribution in [2.24, 2.45) is 0 Å². The lowest BCUT2D eigenvalue weighted by molar-refractivity contribution is 0.279. The maximum absolute atomic E-state index is 2.64. The smallest absolute Gasteiger partial charge is 0.0355 e. The van der Waals surface area contributed by atoms with E-state index in [9.17, 15) is 0 Å². The number of hydrogen-bond donors (Lipinski definition) is 0. The summed E-state index contributed by atoms with van der Waals surface area (Å²) in [6, 6.07) is 5.51. The Kier molecular flexibility index (Phi) is 4.16. The van der Waals surface area contributed by atoms with Crippen molar-refractivity contribution < 1.29 is 0 Å². The quantitative estimate of drug-likeness (QED) is 0.685. The fourth-order valence-electron chi connectivity index (χ4n) is 3.51. The van der Waals surface area contributed by atoms with Gasteiger partial charge in [0.25, 0.3) is 0 Å². The van der Waals surface area contributed by atoms with Crippen molar-refractivity contribution in [1.82, 2.24) is 4.31 Å². The molecular formula is C16H23NS2. The Morgan fingerprint density at radius 1 is 1.21 bits per heavy atom. The van der Waals surface area contributed by atoms with Crippen molar-refractivity contribution in [3.05, 3.63) is 28.8 Å². The van der Waals surface area contributed by atoms with Crippen LogP contribution in [0, 0.1) is 13.8 Å². The van der Waals surface area contributed by atoms with Gasteiger partial charge in [-0.1, -0.05) is 42.5 Å². The highest BCUT2D eigenvalue weighted by molar-refractivity contribution is 8.00. The van der Waals surface area contributed by atoms with E-state index in [0.717, 1.165) is 17.8 Å². The molecule has 1 aromatic carbocycles. The van der Waals surface area contributed by atoms with Gasteiger partial charge in [0.2, 0.25) is 0 Å². The molecule has 1 fully saturated rings. The number of benzene rings is 1. The van der Waals surface area contributed by atoms with Crippen LogP contribution in [-0.2, 0) is 6.54 Å². The average Bonchev–Trinajstić information content (AvgIpc) is 2.55. The Bertz CT molecular complexity index is 472. The maximum atomic E-state index is 2.64. The first-order chi connectivity index (χ1) is 9.19. The van der Waals surface area contributed by atoms with E-state index >= 15 is 0 Å². The second-order valence-electron chi connectivity index (χ2n) is 5.84. The lowest BCUT2D eigenvalue weighted by Gasteiger charge is -2.36. The van der Waals surface area contributed by atoms with Crippen molar-refractivity contribution in [3.63, 3.8) is 0 Å². The lowest BCUT2D eigenvalue weighted by atomic mass is 9.94. The maximum Gasteiger partial charge on any atom is 0.0355 e. The summed E-state index contributed by atoms with van der Waals surface area (Å²) in [6.07, 6.45) is 7.83. The Hall–Kier alpha value is -0.120. The highest BCUT2D eigenvalue weighted by atomic mass is 32.2. The molecule has 19 heavy (non-hydrogen) atoms. The van der Waals surface area contributed by atoms with E-state index in [1.54, 1.807) is 10.5 Å². The molecule has 0 aromatic heterocycles. The molecule has 1 aliphatic heterocycles. The summed E-state index contributed by atoms with van der Waals surface area (Å²) in [6.45, 7) is 5.62. The van der Waals surface area contributed by atoms with E-state index < -0.39 is 0 Å². The molecule has 1 saturated carbocycles. The molecule has 0 amide bonds. The molecule has 3 rings (SSSR count). The highest BCUT2D eigenvalue weighted by Gasteiger charge is 2.34. The molecule has 0 N–H and O–H groups in total. The zero-order chi connectivity index (χ0) is 13.4. The Labute approximate surface area is 125 Å². The minimum atomic E-state index is 0.765. The van der Waals surface area contributed by atoms with Gasteiger partial charge in [-0.3, -0.25) is 0 Å². The SMILES string of the molecule is CSN1Cc2cc(C)cc(C)c2SC2CCCCC21. The van der Waals surface area contributed by atoms with Crippen LogP contribution in [0.4, 0.5) is 0 Å². The van der Waals surface area contributed by atoms with E-state index in [1.807, 2.05) is 11.9 Å². The number of nitrogens with zero attached hydrogens (tertiary/aromatic N) is 1. The molecule has 2 aliphatic rings. The fraction of sp³-hybridized carbons (Fsp3) is 0.625. The predicted molar refractivity (Wildman–Crippen MR) is 86.9 cm³/mol. The molecular weight excluding hydrogens is 270 g/mol.